The number of ether oxygens (including phenoxy) is 2. The zero-order valence-electron chi connectivity index (χ0n) is 15.5. The Bertz CT molecular complexity index is 764. The summed E-state index contributed by atoms with van der Waals surface area (Å²) in [5.74, 6) is -1.39. The number of amides is 1. The molecule has 27 heavy (non-hydrogen) atoms. The molecule has 0 fully saturated rings. The molecule has 0 bridgehead atoms. The number of nitrogens with one attached hydrogen (secondary N) is 1. The molecule has 0 heterocycles. The van der Waals surface area contributed by atoms with Gasteiger partial charge >= 0.3 is 5.97 Å². The first kappa shape index (κ1) is 20.4. The van der Waals surface area contributed by atoms with Gasteiger partial charge in [-0.2, -0.15) is 0 Å². The molecule has 0 aliphatic rings. The number of hydrogen-bond donors (Lipinski definition) is 1. The highest BCUT2D eigenvalue weighted by molar-refractivity contribution is 5.81. The predicted octanol–water partition coefficient (Wildman–Crippen LogP) is 3.06. The van der Waals surface area contributed by atoms with Crippen molar-refractivity contribution >= 4 is 11.9 Å². The minimum absolute atomic E-state index is 0.0351. The molecule has 0 aliphatic heterocycles. The molecule has 0 saturated carbocycles. The first-order valence-corrected chi connectivity index (χ1v) is 8.79. The molecule has 0 spiro atoms. The maximum Gasteiger partial charge on any atom is 0.310 e. The number of halogens is 1. The zero-order valence-corrected chi connectivity index (χ0v) is 15.5. The molecule has 1 atom stereocenters. The topological polar surface area (TPSA) is 64.6 Å². The number of rotatable bonds is 9. The molecule has 2 rings (SSSR count). The van der Waals surface area contributed by atoms with Crippen LogP contribution in [0.5, 0.6) is 5.75 Å². The summed E-state index contributed by atoms with van der Waals surface area (Å²) in [6.45, 7) is 1.55. The predicted molar refractivity (Wildman–Crippen MR) is 100.0 cm³/mol. The molecule has 0 radical (unpaired) electrons. The van der Waals surface area contributed by atoms with E-state index in [1.165, 1.54) is 24.8 Å². The van der Waals surface area contributed by atoms with Crippen LogP contribution in [0.25, 0.3) is 0 Å². The Kier molecular flexibility index (Phi) is 7.79. The van der Waals surface area contributed by atoms with Crippen LogP contribution in [0.3, 0.4) is 0 Å². The molecular formula is C21H24FNO4. The van der Waals surface area contributed by atoms with Crippen molar-refractivity contribution in [2.45, 2.75) is 32.2 Å². The van der Waals surface area contributed by atoms with E-state index in [-0.39, 0.29) is 30.7 Å². The second-order valence-corrected chi connectivity index (χ2v) is 6.30. The lowest BCUT2D eigenvalue weighted by molar-refractivity contribution is -0.148. The average Bonchev–Trinajstić information content (AvgIpc) is 2.66. The van der Waals surface area contributed by atoms with E-state index < -0.39 is 11.8 Å². The van der Waals surface area contributed by atoms with Gasteiger partial charge in [0.05, 0.1) is 13.5 Å². The van der Waals surface area contributed by atoms with Crippen molar-refractivity contribution in [1.82, 2.24) is 5.32 Å². The number of methoxy groups -OCH3 is 1. The minimum atomic E-state index is -0.591. The van der Waals surface area contributed by atoms with E-state index in [2.05, 4.69) is 5.32 Å². The highest BCUT2D eigenvalue weighted by Gasteiger charge is 2.12. The lowest BCUT2D eigenvalue weighted by Crippen LogP contribution is -2.36. The summed E-state index contributed by atoms with van der Waals surface area (Å²) < 4.78 is 23.4. The van der Waals surface area contributed by atoms with E-state index in [9.17, 15) is 14.0 Å². The summed E-state index contributed by atoms with van der Waals surface area (Å²) in [6, 6.07) is 14.2. The number of esters is 1. The van der Waals surface area contributed by atoms with Crippen LogP contribution in [-0.4, -0.2) is 31.6 Å². The standard InChI is InChI=1S/C21H24FNO4/c1-15(8-9-16-6-4-3-5-7-16)23-20(24)14-27-21(25)13-17-10-11-19(26-2)18(22)12-17/h3-7,10-12,15H,8-9,13-14H2,1-2H3,(H,23,24)/t15-/m1/s1. The molecule has 0 saturated heterocycles. The van der Waals surface area contributed by atoms with Crippen LogP contribution in [0.1, 0.15) is 24.5 Å². The lowest BCUT2D eigenvalue weighted by Gasteiger charge is -2.14. The Hall–Kier alpha value is -2.89. The second kappa shape index (κ2) is 10.3. The highest BCUT2D eigenvalue weighted by atomic mass is 19.1. The molecule has 0 aliphatic carbocycles. The van der Waals surface area contributed by atoms with Gasteiger partial charge in [-0.15, -0.1) is 0 Å². The Morgan fingerprint density at radius 2 is 1.85 bits per heavy atom. The fraction of sp³-hybridized carbons (Fsp3) is 0.333. The van der Waals surface area contributed by atoms with Crippen LogP contribution in [0, 0.1) is 5.82 Å². The smallest absolute Gasteiger partial charge is 0.310 e. The van der Waals surface area contributed by atoms with Crippen molar-refractivity contribution in [2.24, 2.45) is 0 Å². The van der Waals surface area contributed by atoms with Crippen LogP contribution in [0.2, 0.25) is 0 Å². The van der Waals surface area contributed by atoms with Gasteiger partial charge in [-0.05, 0) is 43.0 Å². The summed E-state index contributed by atoms with van der Waals surface area (Å²) in [6.07, 6.45) is 1.53. The summed E-state index contributed by atoms with van der Waals surface area (Å²) in [7, 11) is 1.37. The van der Waals surface area contributed by atoms with Crippen LogP contribution in [0.15, 0.2) is 48.5 Å². The Morgan fingerprint density at radius 1 is 1.11 bits per heavy atom. The summed E-state index contributed by atoms with van der Waals surface area (Å²) in [5, 5.41) is 2.80. The summed E-state index contributed by atoms with van der Waals surface area (Å²) in [4.78, 5) is 23.7. The molecule has 6 heteroatoms. The molecule has 1 N–H and O–H groups in total. The SMILES string of the molecule is COc1ccc(CC(=O)OCC(=O)N[C@H](C)CCc2ccccc2)cc1F. The van der Waals surface area contributed by atoms with E-state index in [0.717, 1.165) is 12.8 Å². The maximum atomic E-state index is 13.6. The molecule has 2 aromatic rings. The number of aryl methyl sites for hydroxylation is 1. The maximum absolute atomic E-state index is 13.6. The summed E-state index contributed by atoms with van der Waals surface area (Å²) in [5.41, 5.74) is 1.66. The second-order valence-electron chi connectivity index (χ2n) is 6.30. The van der Waals surface area contributed by atoms with Crippen molar-refractivity contribution < 1.29 is 23.5 Å². The number of carbonyl (C=O) groups excluding carboxylic acids is 2. The summed E-state index contributed by atoms with van der Waals surface area (Å²) >= 11 is 0. The largest absolute Gasteiger partial charge is 0.494 e. The van der Waals surface area contributed by atoms with Crippen LogP contribution >= 0.6 is 0 Å². The van der Waals surface area contributed by atoms with Crippen molar-refractivity contribution in [3.8, 4) is 5.75 Å². The first-order chi connectivity index (χ1) is 13.0. The Balaban J connectivity index is 1.69. The van der Waals surface area contributed by atoms with Gasteiger partial charge in [-0.25, -0.2) is 4.39 Å². The molecular weight excluding hydrogens is 349 g/mol. The van der Waals surface area contributed by atoms with Gasteiger partial charge in [0.1, 0.15) is 0 Å². The van der Waals surface area contributed by atoms with Crippen LogP contribution in [-0.2, 0) is 27.2 Å². The van der Waals surface area contributed by atoms with Gasteiger partial charge < -0.3 is 14.8 Å². The van der Waals surface area contributed by atoms with Crippen molar-refractivity contribution in [2.75, 3.05) is 13.7 Å². The zero-order chi connectivity index (χ0) is 19.6. The van der Waals surface area contributed by atoms with Gasteiger partial charge in [-0.3, -0.25) is 9.59 Å². The van der Waals surface area contributed by atoms with Gasteiger partial charge in [0.2, 0.25) is 0 Å². The minimum Gasteiger partial charge on any atom is -0.494 e. The van der Waals surface area contributed by atoms with Gasteiger partial charge in [-0.1, -0.05) is 36.4 Å². The molecule has 144 valence electrons. The normalized spacial score (nSPS) is 11.5. The molecule has 0 aromatic heterocycles. The number of benzene rings is 2. The van der Waals surface area contributed by atoms with E-state index >= 15 is 0 Å². The van der Waals surface area contributed by atoms with E-state index in [0.29, 0.717) is 5.56 Å². The van der Waals surface area contributed by atoms with Gasteiger partial charge in [0, 0.05) is 6.04 Å². The average molecular weight is 373 g/mol. The fourth-order valence-electron chi connectivity index (χ4n) is 2.60. The Morgan fingerprint density at radius 3 is 2.52 bits per heavy atom. The molecule has 1 amide bonds. The van der Waals surface area contributed by atoms with E-state index in [4.69, 9.17) is 9.47 Å². The number of carbonyl (C=O) groups is 2. The third-order valence-electron chi connectivity index (χ3n) is 4.05. The quantitative estimate of drug-likeness (QED) is 0.686. The molecule has 5 nitrogen and oxygen atoms in total. The van der Waals surface area contributed by atoms with E-state index in [1.54, 1.807) is 6.07 Å². The van der Waals surface area contributed by atoms with E-state index in [1.807, 2.05) is 37.3 Å². The molecule has 2 aromatic carbocycles. The van der Waals surface area contributed by atoms with Crippen molar-refractivity contribution in [1.29, 1.82) is 0 Å². The third kappa shape index (κ3) is 7.09. The van der Waals surface area contributed by atoms with Gasteiger partial charge in [0.15, 0.2) is 18.2 Å². The highest BCUT2D eigenvalue weighted by Crippen LogP contribution is 2.18. The molecule has 0 unspecified atom stereocenters. The number of hydrogen-bond acceptors (Lipinski definition) is 4. The lowest BCUT2D eigenvalue weighted by atomic mass is 10.1. The van der Waals surface area contributed by atoms with Gasteiger partial charge in [0.25, 0.3) is 5.91 Å². The van der Waals surface area contributed by atoms with Crippen LogP contribution in [0.4, 0.5) is 4.39 Å². The fourth-order valence-corrected chi connectivity index (χ4v) is 2.60. The third-order valence-corrected chi connectivity index (χ3v) is 4.05. The Labute approximate surface area is 158 Å². The first-order valence-electron chi connectivity index (χ1n) is 8.79. The van der Waals surface area contributed by atoms with Crippen molar-refractivity contribution in [3.05, 3.63) is 65.5 Å². The van der Waals surface area contributed by atoms with Crippen molar-refractivity contribution in [3.63, 3.8) is 0 Å². The van der Waals surface area contributed by atoms with Crippen LogP contribution < -0.4 is 10.1 Å². The monoisotopic (exact) mass is 373 g/mol.